The fourth-order valence-electron chi connectivity index (χ4n) is 3.20. The monoisotopic (exact) mass is 464 g/mol. The topological polar surface area (TPSA) is 69.0 Å². The summed E-state index contributed by atoms with van der Waals surface area (Å²) < 4.78 is 7.26. The molecule has 0 saturated heterocycles. The van der Waals surface area contributed by atoms with E-state index in [2.05, 4.69) is 21.6 Å². The van der Waals surface area contributed by atoms with Gasteiger partial charge >= 0.3 is 0 Å². The van der Waals surface area contributed by atoms with E-state index in [9.17, 15) is 4.79 Å². The number of para-hydroxylation sites is 1. The molecule has 1 unspecified atom stereocenters. The zero-order valence-electron chi connectivity index (χ0n) is 17.9. The lowest BCUT2D eigenvalue weighted by Gasteiger charge is -2.14. The van der Waals surface area contributed by atoms with Gasteiger partial charge in [-0.05, 0) is 61.2 Å². The van der Waals surface area contributed by atoms with Gasteiger partial charge in [0.05, 0.1) is 12.4 Å². The molecular weight excluding hydrogens is 440 g/mol. The van der Waals surface area contributed by atoms with Gasteiger partial charge in [0.2, 0.25) is 5.91 Å². The lowest BCUT2D eigenvalue weighted by Crippen LogP contribution is -2.32. The van der Waals surface area contributed by atoms with Crippen molar-refractivity contribution in [2.45, 2.75) is 23.8 Å². The van der Waals surface area contributed by atoms with Crippen LogP contribution in [0, 0.1) is 0 Å². The summed E-state index contributed by atoms with van der Waals surface area (Å²) in [5.74, 6) is 1.48. The molecule has 2 aromatic heterocycles. The summed E-state index contributed by atoms with van der Waals surface area (Å²) in [4.78, 5) is 13.9. The first-order chi connectivity index (χ1) is 15.7. The van der Waals surface area contributed by atoms with E-state index < -0.39 is 0 Å². The predicted molar refractivity (Wildman–Crippen MR) is 130 cm³/mol. The SMILES string of the molecule is COc1ccc(-c2nnc(SC(C)C(=O)NCCc3cccs3)n2-c2ccccc2)cc1. The van der Waals surface area contributed by atoms with Crippen LogP contribution in [0.15, 0.2) is 77.3 Å². The van der Waals surface area contributed by atoms with Gasteiger partial charge in [-0.25, -0.2) is 0 Å². The van der Waals surface area contributed by atoms with Crippen LogP contribution in [0.5, 0.6) is 5.75 Å². The van der Waals surface area contributed by atoms with E-state index in [1.54, 1.807) is 18.4 Å². The molecule has 1 N–H and O–H groups in total. The van der Waals surface area contributed by atoms with Crippen LogP contribution in [0.25, 0.3) is 17.1 Å². The number of rotatable bonds is 9. The van der Waals surface area contributed by atoms with Crippen LogP contribution in [0.4, 0.5) is 0 Å². The second-order valence-electron chi connectivity index (χ2n) is 7.09. The van der Waals surface area contributed by atoms with Crippen molar-refractivity contribution in [1.29, 1.82) is 0 Å². The highest BCUT2D eigenvalue weighted by atomic mass is 32.2. The molecule has 4 aromatic rings. The summed E-state index contributed by atoms with van der Waals surface area (Å²) in [5, 5.41) is 14.3. The number of aromatic nitrogens is 3. The van der Waals surface area contributed by atoms with Gasteiger partial charge in [-0.15, -0.1) is 21.5 Å². The number of carbonyl (C=O) groups excluding carboxylic acids is 1. The molecule has 2 aromatic carbocycles. The highest BCUT2D eigenvalue weighted by Gasteiger charge is 2.21. The Kier molecular flexibility index (Phi) is 7.24. The highest BCUT2D eigenvalue weighted by Crippen LogP contribution is 2.30. The number of methoxy groups -OCH3 is 1. The van der Waals surface area contributed by atoms with Gasteiger partial charge < -0.3 is 10.1 Å². The largest absolute Gasteiger partial charge is 0.497 e. The molecule has 164 valence electrons. The van der Waals surface area contributed by atoms with Crippen molar-refractivity contribution in [2.24, 2.45) is 0 Å². The Morgan fingerprint density at radius 3 is 2.56 bits per heavy atom. The minimum absolute atomic E-state index is 0.0137. The summed E-state index contributed by atoms with van der Waals surface area (Å²) in [6.45, 7) is 2.51. The van der Waals surface area contributed by atoms with Crippen LogP contribution < -0.4 is 10.1 Å². The minimum Gasteiger partial charge on any atom is -0.497 e. The number of hydrogen-bond donors (Lipinski definition) is 1. The molecule has 32 heavy (non-hydrogen) atoms. The molecule has 8 heteroatoms. The number of nitrogens with one attached hydrogen (secondary N) is 1. The number of hydrogen-bond acceptors (Lipinski definition) is 6. The number of thiophene rings is 1. The third kappa shape index (κ3) is 5.20. The summed E-state index contributed by atoms with van der Waals surface area (Å²) in [5.41, 5.74) is 1.86. The molecule has 6 nitrogen and oxygen atoms in total. The average molecular weight is 465 g/mol. The number of benzene rings is 2. The zero-order chi connectivity index (χ0) is 22.3. The van der Waals surface area contributed by atoms with E-state index in [0.717, 1.165) is 23.4 Å². The van der Waals surface area contributed by atoms with Gasteiger partial charge in [-0.1, -0.05) is 36.0 Å². The minimum atomic E-state index is -0.311. The fraction of sp³-hybridized carbons (Fsp3) is 0.208. The second-order valence-corrected chi connectivity index (χ2v) is 9.43. The Morgan fingerprint density at radius 2 is 1.88 bits per heavy atom. The van der Waals surface area contributed by atoms with E-state index in [-0.39, 0.29) is 11.2 Å². The highest BCUT2D eigenvalue weighted by molar-refractivity contribution is 8.00. The first-order valence-electron chi connectivity index (χ1n) is 10.3. The fourth-order valence-corrected chi connectivity index (χ4v) is 4.80. The van der Waals surface area contributed by atoms with Crippen molar-refractivity contribution < 1.29 is 9.53 Å². The molecule has 0 aliphatic heterocycles. The van der Waals surface area contributed by atoms with Gasteiger partial charge in [0.1, 0.15) is 5.75 Å². The molecule has 1 atom stereocenters. The van der Waals surface area contributed by atoms with Crippen LogP contribution in [0.2, 0.25) is 0 Å². The standard InChI is InChI=1S/C24H24N4O2S2/c1-17(23(29)25-15-14-21-9-6-16-31-21)32-24-27-26-22(18-10-12-20(30-2)13-11-18)28(24)19-7-4-3-5-8-19/h3-13,16-17H,14-15H2,1-2H3,(H,25,29). The first-order valence-corrected chi connectivity index (χ1v) is 12.0. The number of carbonyl (C=O) groups is 1. The Hall–Kier alpha value is -3.10. The lowest BCUT2D eigenvalue weighted by atomic mass is 10.2. The molecule has 0 bridgehead atoms. The van der Waals surface area contributed by atoms with Gasteiger partial charge in [-0.2, -0.15) is 0 Å². The number of thioether (sulfide) groups is 1. The van der Waals surface area contributed by atoms with Gasteiger partial charge in [-0.3, -0.25) is 9.36 Å². The van der Waals surface area contributed by atoms with Crippen molar-refractivity contribution in [1.82, 2.24) is 20.1 Å². The van der Waals surface area contributed by atoms with Crippen LogP contribution in [0.1, 0.15) is 11.8 Å². The molecule has 0 fully saturated rings. The van der Waals surface area contributed by atoms with Crippen molar-refractivity contribution in [3.8, 4) is 22.8 Å². The Labute approximate surface area is 195 Å². The Balaban J connectivity index is 1.53. The zero-order valence-corrected chi connectivity index (χ0v) is 19.5. The average Bonchev–Trinajstić information content (AvgIpc) is 3.50. The van der Waals surface area contributed by atoms with Crippen LogP contribution in [-0.4, -0.2) is 39.6 Å². The molecule has 2 heterocycles. The van der Waals surface area contributed by atoms with E-state index in [4.69, 9.17) is 4.74 Å². The molecule has 0 aliphatic rings. The van der Waals surface area contributed by atoms with Crippen LogP contribution in [0.3, 0.4) is 0 Å². The molecule has 0 aliphatic carbocycles. The molecule has 4 rings (SSSR count). The maximum absolute atomic E-state index is 12.7. The van der Waals surface area contributed by atoms with E-state index in [0.29, 0.717) is 17.5 Å². The molecule has 0 radical (unpaired) electrons. The van der Waals surface area contributed by atoms with Gasteiger partial charge in [0.25, 0.3) is 0 Å². The smallest absolute Gasteiger partial charge is 0.233 e. The maximum atomic E-state index is 12.7. The third-order valence-electron chi connectivity index (χ3n) is 4.90. The number of nitrogens with zero attached hydrogens (tertiary/aromatic N) is 3. The number of amides is 1. The Bertz CT molecular complexity index is 1140. The Morgan fingerprint density at radius 1 is 1.09 bits per heavy atom. The number of ether oxygens (including phenoxy) is 1. The van der Waals surface area contributed by atoms with E-state index in [1.165, 1.54) is 16.6 Å². The molecule has 1 amide bonds. The summed E-state index contributed by atoms with van der Waals surface area (Å²) in [6.07, 6.45) is 0.836. The van der Waals surface area contributed by atoms with E-state index >= 15 is 0 Å². The van der Waals surface area contributed by atoms with Crippen LogP contribution in [-0.2, 0) is 11.2 Å². The van der Waals surface area contributed by atoms with E-state index in [1.807, 2.05) is 77.5 Å². The van der Waals surface area contributed by atoms with Gasteiger partial charge in [0.15, 0.2) is 11.0 Å². The second kappa shape index (κ2) is 10.5. The molecule has 0 spiro atoms. The quantitative estimate of drug-likeness (QED) is 0.359. The van der Waals surface area contributed by atoms with Crippen molar-refractivity contribution in [3.63, 3.8) is 0 Å². The van der Waals surface area contributed by atoms with Crippen molar-refractivity contribution >= 4 is 29.0 Å². The third-order valence-corrected chi connectivity index (χ3v) is 6.88. The van der Waals surface area contributed by atoms with Gasteiger partial charge in [0, 0.05) is 22.7 Å². The summed E-state index contributed by atoms with van der Waals surface area (Å²) in [6, 6.07) is 21.7. The maximum Gasteiger partial charge on any atom is 0.233 e. The predicted octanol–water partition coefficient (Wildman–Crippen LogP) is 4.84. The first kappa shape index (κ1) is 22.1. The molecular formula is C24H24N4O2S2. The van der Waals surface area contributed by atoms with Crippen molar-refractivity contribution in [2.75, 3.05) is 13.7 Å². The summed E-state index contributed by atoms with van der Waals surface area (Å²) >= 11 is 3.10. The summed E-state index contributed by atoms with van der Waals surface area (Å²) in [7, 11) is 1.64. The van der Waals surface area contributed by atoms with Crippen molar-refractivity contribution in [3.05, 3.63) is 77.0 Å². The normalized spacial score (nSPS) is 11.8. The van der Waals surface area contributed by atoms with Crippen LogP contribution >= 0.6 is 23.1 Å². The lowest BCUT2D eigenvalue weighted by molar-refractivity contribution is -0.120. The molecule has 0 saturated carbocycles.